The lowest BCUT2D eigenvalue weighted by molar-refractivity contribution is -0.148. The first-order valence-electron chi connectivity index (χ1n) is 34.2. The third kappa shape index (κ3) is 35.5. The standard InChI is InChI=1S/C29H46N7O19P3S.C25H40N7O18P3S.C3H4O3/c1-5-6-19(39)53-58(49,50-12-17-23(54-56(44,45)46)22(41)28(52-17)36-15-35-21-25(30)33-14-34-26(21)36)55-57(47,48)51-13-29(3,4)24(42)27(43)32-8-7-18(38)31-9-10-59-20(40)11-16(2)37;1-13(33)8-16(35)54-7-6-27-15(34)4-5-28-23(38)20(37)25(2,3)10-47-53(44,45)50-52(42,43)46-9-14-19(49-51(39,40)41)18(36)24(48-14)32-12-31-17-21(26)29-11-30-22(17)32;1-2(4)3(5)6/h14-15,17,22-24,28,41-42H,5-13H2,1-4H3,(H,31,38)(H,32,43)(H,47,48)(H2,30,33,34)(H2,44,45,46);11-12,14,18-20,24,36-37H,4-10H2,1-3H3,(H,27,34)(H,28,38)(H,42,43)(H,44,45)(H2,26,29,30)(H2,39,40,41);1H3,(H,5,6)/t17-,22-,23-,24?,28-,58?;14-,18-,19-,20?,24-;/m11./s1. The van der Waals surface area contributed by atoms with Gasteiger partial charge in [0.1, 0.15) is 84.1 Å². The van der Waals surface area contributed by atoms with E-state index in [0.29, 0.717) is 0 Å². The predicted molar refractivity (Wildman–Crippen MR) is 402 cm³/mol. The van der Waals surface area contributed by atoms with Crippen LogP contribution in [-0.4, -0.2) is 275 Å². The van der Waals surface area contributed by atoms with Crippen LogP contribution in [0.5, 0.6) is 0 Å². The van der Waals surface area contributed by atoms with E-state index in [-0.39, 0.29) is 126 Å². The van der Waals surface area contributed by atoms with Crippen molar-refractivity contribution in [3.63, 3.8) is 0 Å². The number of fused-ring (bicyclic) bond motifs is 2. The molecule has 0 aliphatic carbocycles. The first-order valence-corrected chi connectivity index (χ1v) is 45.2. The highest BCUT2D eigenvalue weighted by Crippen LogP contribution is 2.65. The lowest BCUT2D eigenvalue weighted by atomic mass is 9.87. The monoisotopic (exact) mass is 1860 g/mol. The Morgan fingerprint density at radius 2 is 0.916 bits per heavy atom. The van der Waals surface area contributed by atoms with Crippen LogP contribution in [0.4, 0.5) is 11.6 Å². The number of thioether (sulfide) groups is 2. The van der Waals surface area contributed by atoms with Gasteiger partial charge < -0.3 is 107 Å². The molecule has 14 atom stereocenters. The van der Waals surface area contributed by atoms with E-state index < -0.39 is 193 Å². The number of nitrogens with two attached hydrogens (primary N) is 2. The molecule has 0 bridgehead atoms. The zero-order chi connectivity index (χ0) is 90.1. The minimum Gasteiger partial charge on any atom is -0.476 e. The molecular formula is C57H90N14O40P6S2. The van der Waals surface area contributed by atoms with Crippen LogP contribution < -0.4 is 32.7 Å². The summed E-state index contributed by atoms with van der Waals surface area (Å²) in [5.74, 6) is -6.71. The molecule has 4 amide bonds. The Balaban J connectivity index is 0.000000469. The number of aliphatic hydroxyl groups is 4. The number of nitrogen functional groups attached to an aromatic ring is 2. The fourth-order valence-corrected chi connectivity index (χ4v) is 17.1. The first-order chi connectivity index (χ1) is 54.9. The van der Waals surface area contributed by atoms with Gasteiger partial charge in [0.05, 0.1) is 51.9 Å². The Kier molecular flexibility index (Phi) is 40.4. The summed E-state index contributed by atoms with van der Waals surface area (Å²) < 4.78 is 132. The van der Waals surface area contributed by atoms with Gasteiger partial charge in [-0.1, -0.05) is 58.1 Å². The summed E-state index contributed by atoms with van der Waals surface area (Å²) >= 11 is 1.75. The fraction of sp³-hybridized carbons (Fsp3) is 0.632. The van der Waals surface area contributed by atoms with Crippen molar-refractivity contribution in [3.8, 4) is 0 Å². The molecule has 4 aromatic rings. The molecular weight excluding hydrogens is 1770 g/mol. The van der Waals surface area contributed by atoms with Crippen LogP contribution in [0.1, 0.15) is 106 Å². The second-order valence-corrected chi connectivity index (χ2v) is 37.3. The third-order valence-corrected chi connectivity index (χ3v) is 23.6. The van der Waals surface area contributed by atoms with Gasteiger partial charge in [-0.2, -0.15) is 8.62 Å². The maximum atomic E-state index is 13.7. The van der Waals surface area contributed by atoms with Crippen LogP contribution in [0.2, 0.25) is 0 Å². The Bertz CT molecular complexity index is 4560. The summed E-state index contributed by atoms with van der Waals surface area (Å²) in [4.78, 5) is 218. The Morgan fingerprint density at radius 3 is 1.28 bits per heavy atom. The van der Waals surface area contributed by atoms with E-state index in [1.807, 2.05) is 0 Å². The topological polar surface area (TPSA) is 822 Å². The molecule has 0 aromatic carbocycles. The van der Waals surface area contributed by atoms with Gasteiger partial charge in [-0.15, -0.1) is 0 Å². The third-order valence-electron chi connectivity index (χ3n) is 15.3. The number of aliphatic carboxylic acids is 1. The maximum Gasteiger partial charge on any atom is 0.541 e. The predicted octanol–water partition coefficient (Wildman–Crippen LogP) is -1.70. The average molecular weight is 1860 g/mol. The number of Topliss-reactive ketones (excluding diaryl/α,β-unsaturated/α-hetero) is 3. The van der Waals surface area contributed by atoms with Crippen LogP contribution in [0, 0.1) is 10.8 Å². The second-order valence-electron chi connectivity index (χ2n) is 26.4. The van der Waals surface area contributed by atoms with Crippen molar-refractivity contribution in [1.29, 1.82) is 0 Å². The minimum atomic E-state index is -5.61. The van der Waals surface area contributed by atoms with Crippen molar-refractivity contribution in [3.05, 3.63) is 25.3 Å². The molecule has 6 heterocycles. The first kappa shape index (κ1) is 104. The van der Waals surface area contributed by atoms with E-state index in [1.54, 1.807) is 0 Å². The van der Waals surface area contributed by atoms with Gasteiger partial charge in [-0.3, -0.25) is 84.2 Å². The second kappa shape index (κ2) is 46.0. The summed E-state index contributed by atoms with van der Waals surface area (Å²) in [5, 5.41) is 59.7. The van der Waals surface area contributed by atoms with Crippen LogP contribution >= 0.6 is 70.5 Å². The fourth-order valence-electron chi connectivity index (χ4n) is 9.51. The molecule has 6 rings (SSSR count). The summed E-state index contributed by atoms with van der Waals surface area (Å²) in [5.41, 5.74) is 8.43. The van der Waals surface area contributed by atoms with E-state index in [1.165, 1.54) is 48.5 Å². The number of aromatic nitrogens is 8. The number of rotatable bonds is 46. The summed E-state index contributed by atoms with van der Waals surface area (Å²) in [6.45, 7) is 5.64. The van der Waals surface area contributed by atoms with E-state index >= 15 is 0 Å². The van der Waals surface area contributed by atoms with E-state index in [4.69, 9.17) is 57.5 Å². The SMILES string of the molecule is CC(=O)C(=O)O.CC(=O)CC(=O)SCCNC(=O)CCNC(=O)C(O)C(C)(C)COP(=O)(O)OP(=O)(O)OC[C@H]1O[C@@H](n2cnc3c(N)ncnc32)[C@H](O)[C@@H]1OP(=O)(O)O.CCCC(=O)OP(=O)(OC[C@H]1O[C@@H](n2cnc3c(N)ncnc32)[C@H](O)[C@@H]1OP(=O)(O)O)OP(=O)(O)OCC(C)(C)C(O)C(=O)NCCC(=O)NCCSC(=O)CC(C)=O. The number of phosphoric ester groups is 6. The van der Waals surface area contributed by atoms with Gasteiger partial charge >= 0.3 is 58.9 Å². The molecule has 670 valence electrons. The molecule has 2 aliphatic rings. The number of aliphatic hydroxyl groups excluding tert-OH is 4. The number of ketones is 3. The van der Waals surface area contributed by atoms with Gasteiger partial charge in [0.25, 0.3) is 0 Å². The minimum absolute atomic E-state index is 0.0114. The number of carboxylic acid groups (broad SMARTS) is 1. The van der Waals surface area contributed by atoms with Crippen molar-refractivity contribution in [2.45, 2.75) is 155 Å². The number of ether oxygens (including phenoxy) is 2. The number of imidazole rings is 2. The van der Waals surface area contributed by atoms with Crippen molar-refractivity contribution in [2.75, 3.05) is 75.6 Å². The lowest BCUT2D eigenvalue weighted by Gasteiger charge is -2.30. The number of nitrogens with zero attached hydrogens (tertiary/aromatic N) is 8. The molecule has 62 heteroatoms. The number of amides is 4. The van der Waals surface area contributed by atoms with E-state index in [2.05, 4.69) is 60.0 Å². The smallest absolute Gasteiger partial charge is 0.476 e. The molecule has 20 N–H and O–H groups in total. The Morgan fingerprint density at radius 1 is 0.546 bits per heavy atom. The average Bonchev–Trinajstić information content (AvgIpc) is 1.62. The van der Waals surface area contributed by atoms with Gasteiger partial charge in [-0.05, 0) is 20.3 Å². The van der Waals surface area contributed by atoms with Crippen LogP contribution in [0.25, 0.3) is 22.3 Å². The van der Waals surface area contributed by atoms with Crippen molar-refractivity contribution < 1.29 is 190 Å². The number of hydrogen-bond donors (Lipinski definition) is 18. The highest BCUT2D eigenvalue weighted by atomic mass is 32.2. The van der Waals surface area contributed by atoms with Crippen molar-refractivity contribution in [2.24, 2.45) is 10.8 Å². The molecule has 2 saturated heterocycles. The highest BCUT2D eigenvalue weighted by molar-refractivity contribution is 8.14. The quantitative estimate of drug-likeness (QED) is 0.0101. The molecule has 0 spiro atoms. The summed E-state index contributed by atoms with van der Waals surface area (Å²) in [6, 6.07) is 0. The van der Waals surface area contributed by atoms with Gasteiger partial charge in [0.2, 0.25) is 29.4 Å². The summed E-state index contributed by atoms with van der Waals surface area (Å²) in [6.07, 6.45) is -14.9. The lowest BCUT2D eigenvalue weighted by Crippen LogP contribution is -2.46. The molecule has 4 aromatic heterocycles. The van der Waals surface area contributed by atoms with Gasteiger partial charge in [-0.25, -0.2) is 62.1 Å². The molecule has 2 fully saturated rings. The molecule has 119 heavy (non-hydrogen) atoms. The van der Waals surface area contributed by atoms with Crippen molar-refractivity contribution in [1.82, 2.24) is 60.3 Å². The van der Waals surface area contributed by atoms with Gasteiger partial charge in [0.15, 0.2) is 45.6 Å². The molecule has 6 unspecified atom stereocenters. The molecule has 54 nitrogen and oxygen atoms in total. The normalized spacial score (nSPS) is 20.7. The number of nitrogens with one attached hydrogen (secondary N) is 4. The van der Waals surface area contributed by atoms with Crippen LogP contribution in [-0.2, 0) is 130 Å². The number of carbonyl (C=O) groups is 11. The molecule has 2 aliphatic heterocycles. The number of anilines is 2. The number of carbonyl (C=O) groups excluding carboxylic acids is 10. The van der Waals surface area contributed by atoms with E-state index in [9.17, 15) is 135 Å². The number of phosphoric acid groups is 6. The Hall–Kier alpha value is -6.89. The highest BCUT2D eigenvalue weighted by Gasteiger charge is 2.53. The Labute approximate surface area is 681 Å². The zero-order valence-corrected chi connectivity index (χ0v) is 70.9. The largest absolute Gasteiger partial charge is 0.541 e. The van der Waals surface area contributed by atoms with Gasteiger partial charge in [0, 0.05) is 74.7 Å². The van der Waals surface area contributed by atoms with Crippen molar-refractivity contribution >= 4 is 168 Å². The molecule has 0 saturated carbocycles. The summed E-state index contributed by atoms with van der Waals surface area (Å²) in [7, 11) is -32.9. The number of hydrogen-bond acceptors (Lipinski definition) is 42. The van der Waals surface area contributed by atoms with Crippen LogP contribution in [0.3, 0.4) is 0 Å². The zero-order valence-electron chi connectivity index (χ0n) is 63.9. The molecule has 0 radical (unpaired) electrons. The number of carboxylic acids is 1. The van der Waals surface area contributed by atoms with E-state index in [0.717, 1.165) is 64.9 Å². The maximum absolute atomic E-state index is 13.7. The van der Waals surface area contributed by atoms with Crippen LogP contribution in [0.15, 0.2) is 25.3 Å².